The summed E-state index contributed by atoms with van der Waals surface area (Å²) in [5, 5.41) is 59.6. The maximum Gasteiger partial charge on any atom is 0.366 e. The Morgan fingerprint density at radius 1 is 0.976 bits per heavy atom. The molecular formula is C28H36O14. The minimum Gasteiger partial charge on any atom is -0.469 e. The van der Waals surface area contributed by atoms with Crippen LogP contribution in [0.5, 0.6) is 0 Å². The molecule has 5 aliphatic heterocycles. The maximum absolute atomic E-state index is 13.5. The average Bonchev–Trinajstić information content (AvgIpc) is 3.34. The molecule has 0 radical (unpaired) electrons. The Morgan fingerprint density at radius 3 is 2.38 bits per heavy atom. The van der Waals surface area contributed by atoms with Crippen molar-refractivity contribution in [2.24, 2.45) is 34.0 Å². The number of rotatable bonds is 3. The van der Waals surface area contributed by atoms with Crippen molar-refractivity contribution in [1.82, 2.24) is 0 Å². The van der Waals surface area contributed by atoms with Gasteiger partial charge in [0.15, 0.2) is 5.60 Å². The number of esters is 2. The summed E-state index contributed by atoms with van der Waals surface area (Å²) < 4.78 is 40.8. The van der Waals surface area contributed by atoms with E-state index in [0.717, 1.165) is 7.11 Å². The number of ether oxygens (including phenoxy) is 7. The van der Waals surface area contributed by atoms with Crippen molar-refractivity contribution in [2.45, 2.75) is 86.1 Å². The summed E-state index contributed by atoms with van der Waals surface area (Å²) in [6, 6.07) is 0. The first-order valence-electron chi connectivity index (χ1n) is 14.3. The molecule has 2 bridgehead atoms. The van der Waals surface area contributed by atoms with E-state index in [1.807, 2.05) is 0 Å². The number of carbonyl (C=O) groups excluding carboxylic acids is 2. The molecule has 0 unspecified atom stereocenters. The summed E-state index contributed by atoms with van der Waals surface area (Å²) in [5.74, 6) is -7.85. The van der Waals surface area contributed by atoms with Crippen LogP contribution in [0.4, 0.5) is 0 Å². The number of epoxide rings is 1. The van der Waals surface area contributed by atoms with E-state index >= 15 is 0 Å². The second-order valence-electron chi connectivity index (χ2n) is 13.8. The van der Waals surface area contributed by atoms with Gasteiger partial charge in [-0.15, -0.1) is 0 Å². The van der Waals surface area contributed by atoms with E-state index in [4.69, 9.17) is 33.2 Å². The van der Waals surface area contributed by atoms with Crippen molar-refractivity contribution in [1.29, 1.82) is 0 Å². The molecule has 5 N–H and O–H groups in total. The van der Waals surface area contributed by atoms with Crippen LogP contribution in [0.3, 0.4) is 0 Å². The van der Waals surface area contributed by atoms with Crippen LogP contribution in [-0.4, -0.2) is 124 Å². The van der Waals surface area contributed by atoms with Gasteiger partial charge in [0.05, 0.1) is 64.2 Å². The fourth-order valence-corrected chi connectivity index (χ4v) is 11.4. The van der Waals surface area contributed by atoms with Crippen LogP contribution >= 0.6 is 0 Å². The zero-order chi connectivity index (χ0) is 30.0. The van der Waals surface area contributed by atoms with Crippen LogP contribution in [0.15, 0.2) is 12.3 Å². The lowest BCUT2D eigenvalue weighted by atomic mass is 9.37. The molecule has 3 saturated carbocycles. The van der Waals surface area contributed by atoms with Gasteiger partial charge in [-0.1, -0.05) is 6.92 Å². The smallest absolute Gasteiger partial charge is 0.366 e. The van der Waals surface area contributed by atoms with Crippen molar-refractivity contribution in [2.75, 3.05) is 27.4 Å². The van der Waals surface area contributed by atoms with Crippen LogP contribution < -0.4 is 0 Å². The number of fused-ring (bicyclic) bond motifs is 7. The molecule has 14 heteroatoms. The fraction of sp³-hybridized carbons (Fsp3) is 0.857. The summed E-state index contributed by atoms with van der Waals surface area (Å²) in [6.07, 6.45) is -4.53. The Hall–Kier alpha value is -1.88. The van der Waals surface area contributed by atoms with Gasteiger partial charge in [0, 0.05) is 35.0 Å². The van der Waals surface area contributed by atoms with E-state index in [9.17, 15) is 35.1 Å². The third-order valence-electron chi connectivity index (χ3n) is 12.9. The van der Waals surface area contributed by atoms with Crippen molar-refractivity contribution >= 4 is 11.9 Å². The van der Waals surface area contributed by atoms with Gasteiger partial charge in [-0.2, -0.15) is 0 Å². The van der Waals surface area contributed by atoms with Crippen molar-refractivity contribution in [3.63, 3.8) is 0 Å². The first kappa shape index (κ1) is 27.7. The molecule has 232 valence electrons. The second kappa shape index (κ2) is 7.66. The molecule has 0 aromatic carbocycles. The highest BCUT2D eigenvalue weighted by Gasteiger charge is 2.96. The Bertz CT molecular complexity index is 1310. The van der Waals surface area contributed by atoms with Crippen molar-refractivity contribution in [3.05, 3.63) is 12.3 Å². The molecule has 4 saturated heterocycles. The summed E-state index contributed by atoms with van der Waals surface area (Å²) in [7, 11) is 2.25. The van der Waals surface area contributed by atoms with Gasteiger partial charge >= 0.3 is 11.9 Å². The van der Waals surface area contributed by atoms with Crippen LogP contribution in [0.1, 0.15) is 26.7 Å². The van der Waals surface area contributed by atoms with Gasteiger partial charge in [0.2, 0.25) is 6.29 Å². The quantitative estimate of drug-likeness (QED) is 0.172. The molecule has 8 rings (SSSR count). The first-order valence-corrected chi connectivity index (χ1v) is 14.3. The Morgan fingerprint density at radius 2 is 1.69 bits per heavy atom. The predicted octanol–water partition coefficient (Wildman–Crippen LogP) is -2.29. The highest BCUT2D eigenvalue weighted by Crippen LogP contribution is 2.82. The summed E-state index contributed by atoms with van der Waals surface area (Å²) >= 11 is 0. The van der Waals surface area contributed by atoms with Gasteiger partial charge in [0.1, 0.15) is 16.6 Å². The number of carbonyl (C=O) groups is 2. The predicted molar refractivity (Wildman–Crippen MR) is 131 cm³/mol. The third-order valence-corrected chi connectivity index (χ3v) is 12.9. The Balaban J connectivity index is 1.38. The SMILES string of the molecule is COC(=O)[C@@]12CO[C@H]3[C@@H](O)[C@@](C)([C@]45O[C@@]4(C)[C@H]4C[C@@H]5O[C@@H]5OC=C[C@@]54O)[C@H]4[C@@](CO[C@]4(O)C(=O)OC)([C@@H](O)C[C@H]1O)[C@@H]32. The number of methoxy groups -OCH3 is 2. The highest BCUT2D eigenvalue weighted by molar-refractivity contribution is 5.81. The minimum atomic E-state index is -2.72. The van der Waals surface area contributed by atoms with Gasteiger partial charge in [-0.3, -0.25) is 4.79 Å². The van der Waals surface area contributed by atoms with Gasteiger partial charge in [-0.25, -0.2) is 4.79 Å². The molecule has 42 heavy (non-hydrogen) atoms. The molecule has 1 spiro atoms. The maximum atomic E-state index is 13.5. The zero-order valence-electron chi connectivity index (χ0n) is 23.6. The molecule has 5 heterocycles. The molecule has 0 aromatic heterocycles. The Kier molecular flexibility index (Phi) is 5.05. The molecule has 3 aliphatic carbocycles. The number of hydrogen-bond donors (Lipinski definition) is 5. The molecule has 8 aliphatic rings. The topological polar surface area (TPSA) is 203 Å². The fourth-order valence-electron chi connectivity index (χ4n) is 11.4. The lowest BCUT2D eigenvalue weighted by Gasteiger charge is -2.65. The molecule has 14 nitrogen and oxygen atoms in total. The van der Waals surface area contributed by atoms with Gasteiger partial charge < -0.3 is 58.7 Å². The lowest BCUT2D eigenvalue weighted by Crippen LogP contribution is -2.78. The van der Waals surface area contributed by atoms with E-state index in [0.29, 0.717) is 6.42 Å². The molecule has 16 atom stereocenters. The lowest BCUT2D eigenvalue weighted by molar-refractivity contribution is -0.314. The summed E-state index contributed by atoms with van der Waals surface area (Å²) in [6.45, 7) is 2.65. The van der Waals surface area contributed by atoms with Crippen LogP contribution in [0.2, 0.25) is 0 Å². The average molecular weight is 597 g/mol. The number of hydrogen-bond acceptors (Lipinski definition) is 14. The van der Waals surface area contributed by atoms with E-state index in [-0.39, 0.29) is 13.0 Å². The van der Waals surface area contributed by atoms with Crippen LogP contribution in [0, 0.1) is 34.0 Å². The zero-order valence-corrected chi connectivity index (χ0v) is 23.6. The number of aliphatic hydroxyl groups excluding tert-OH is 3. The largest absolute Gasteiger partial charge is 0.469 e. The second-order valence-corrected chi connectivity index (χ2v) is 13.8. The van der Waals surface area contributed by atoms with E-state index < -0.39 is 112 Å². The van der Waals surface area contributed by atoms with Gasteiger partial charge in [-0.05, 0) is 19.4 Å². The minimum absolute atomic E-state index is 0.305. The van der Waals surface area contributed by atoms with E-state index in [1.54, 1.807) is 13.8 Å². The first-order chi connectivity index (χ1) is 19.7. The van der Waals surface area contributed by atoms with E-state index in [1.165, 1.54) is 19.4 Å². The Labute approximate surface area is 240 Å². The monoisotopic (exact) mass is 596 g/mol. The molecule has 0 aromatic rings. The number of aliphatic hydroxyl groups is 5. The van der Waals surface area contributed by atoms with Crippen LogP contribution in [-0.2, 0) is 42.7 Å². The van der Waals surface area contributed by atoms with Gasteiger partial charge in [0.25, 0.3) is 5.79 Å². The van der Waals surface area contributed by atoms with Crippen molar-refractivity contribution < 1.29 is 68.3 Å². The molecule has 0 amide bonds. The third kappa shape index (κ3) is 2.39. The summed E-state index contributed by atoms with van der Waals surface area (Å²) in [4.78, 5) is 26.9. The van der Waals surface area contributed by atoms with Crippen molar-refractivity contribution in [3.8, 4) is 0 Å². The highest BCUT2D eigenvalue weighted by atomic mass is 16.7. The normalized spacial score (nSPS) is 62.8. The molecule has 7 fully saturated rings. The standard InChI is InChI=1S/C28H36O14/c1-22(28-14-7-11(23(28,2)42-28)26(34)5-6-38-21(26)41-14)17(31)15-16-24(10-40-27(35,18(22)24)20(33)37-4)12(29)8-13(30)25(16,9-39-15)19(32)36-3/h5-6,11-18,21,29-31,34-35H,7-10H2,1-4H3/t11-,12+,13-,14+,15-,16-,17-,18+,21+,22-,23+,24+,25+,26+,27+,28+/m1/s1. The molecular weight excluding hydrogens is 560 g/mol. The summed E-state index contributed by atoms with van der Waals surface area (Å²) in [5.41, 5.74) is -9.19. The van der Waals surface area contributed by atoms with Crippen LogP contribution in [0.25, 0.3) is 0 Å². The van der Waals surface area contributed by atoms with E-state index in [2.05, 4.69) is 0 Å².